The highest BCUT2D eigenvalue weighted by atomic mass is 35.5. The molecule has 0 N–H and O–H groups in total. The molecule has 0 spiro atoms. The van der Waals surface area contributed by atoms with Gasteiger partial charge in [0.1, 0.15) is 0 Å². The van der Waals surface area contributed by atoms with Crippen LogP contribution in [0.5, 0.6) is 0 Å². The standard InChI is InChI=1S/C18H23ClN4OS/c1-3-23-17(14-6-8-15(19)9-7-14)20-21-18(23)25-12-16(24)22-10-4-5-13(2)11-22/h6-9,13H,3-5,10-12H2,1-2H3/t13-/m0/s1. The Hall–Kier alpha value is -1.53. The summed E-state index contributed by atoms with van der Waals surface area (Å²) in [5, 5.41) is 10.1. The van der Waals surface area contributed by atoms with Crippen LogP contribution in [0.4, 0.5) is 0 Å². The smallest absolute Gasteiger partial charge is 0.233 e. The summed E-state index contributed by atoms with van der Waals surface area (Å²) in [5.41, 5.74) is 0.974. The maximum absolute atomic E-state index is 12.5. The predicted molar refractivity (Wildman–Crippen MR) is 102 cm³/mol. The van der Waals surface area contributed by atoms with Crippen LogP contribution in [0.3, 0.4) is 0 Å². The first-order valence-corrected chi connectivity index (χ1v) is 10.0. The fraction of sp³-hybridized carbons (Fsp3) is 0.500. The van der Waals surface area contributed by atoms with E-state index in [-0.39, 0.29) is 5.91 Å². The van der Waals surface area contributed by atoms with Gasteiger partial charge in [-0.3, -0.25) is 4.79 Å². The van der Waals surface area contributed by atoms with Crippen molar-refractivity contribution in [2.75, 3.05) is 18.8 Å². The van der Waals surface area contributed by atoms with Gasteiger partial charge in [-0.15, -0.1) is 10.2 Å². The number of hydrogen-bond donors (Lipinski definition) is 0. The van der Waals surface area contributed by atoms with Crippen LogP contribution in [-0.2, 0) is 11.3 Å². The van der Waals surface area contributed by atoms with Crippen molar-refractivity contribution in [1.82, 2.24) is 19.7 Å². The predicted octanol–water partition coefficient (Wildman–Crippen LogP) is 3.97. The Labute approximate surface area is 157 Å². The lowest BCUT2D eigenvalue weighted by molar-refractivity contribution is -0.130. The minimum Gasteiger partial charge on any atom is -0.342 e. The van der Waals surface area contributed by atoms with Crippen LogP contribution in [0.25, 0.3) is 11.4 Å². The lowest BCUT2D eigenvalue weighted by Crippen LogP contribution is -2.40. The molecule has 7 heteroatoms. The van der Waals surface area contributed by atoms with E-state index in [1.807, 2.05) is 33.7 Å². The maximum atomic E-state index is 12.5. The number of benzene rings is 1. The molecule has 2 aromatic rings. The summed E-state index contributed by atoms with van der Waals surface area (Å²) in [5.74, 6) is 2.00. The van der Waals surface area contributed by atoms with E-state index in [1.54, 1.807) is 0 Å². The van der Waals surface area contributed by atoms with Crippen molar-refractivity contribution in [3.63, 3.8) is 0 Å². The Bertz CT molecular complexity index is 731. The number of amides is 1. The third kappa shape index (κ3) is 4.36. The average molecular weight is 379 g/mol. The summed E-state index contributed by atoms with van der Waals surface area (Å²) < 4.78 is 2.04. The molecule has 1 aliphatic rings. The summed E-state index contributed by atoms with van der Waals surface area (Å²) in [6.45, 7) is 6.76. The molecule has 1 aromatic heterocycles. The monoisotopic (exact) mass is 378 g/mol. The fourth-order valence-corrected chi connectivity index (χ4v) is 4.16. The lowest BCUT2D eigenvalue weighted by Gasteiger charge is -2.30. The van der Waals surface area contributed by atoms with Gasteiger partial charge in [0.15, 0.2) is 11.0 Å². The van der Waals surface area contributed by atoms with Gasteiger partial charge in [-0.2, -0.15) is 0 Å². The summed E-state index contributed by atoms with van der Waals surface area (Å²) in [7, 11) is 0. The van der Waals surface area contributed by atoms with Crippen molar-refractivity contribution < 1.29 is 4.79 Å². The number of carbonyl (C=O) groups is 1. The number of nitrogens with zero attached hydrogens (tertiary/aromatic N) is 4. The Morgan fingerprint density at radius 3 is 2.76 bits per heavy atom. The van der Waals surface area contributed by atoms with Crippen LogP contribution in [0.15, 0.2) is 29.4 Å². The summed E-state index contributed by atoms with van der Waals surface area (Å²) >= 11 is 7.42. The first-order chi connectivity index (χ1) is 12.1. The SMILES string of the molecule is CCn1c(SCC(=O)N2CCC[C@H](C)C2)nnc1-c1ccc(Cl)cc1. The van der Waals surface area contributed by atoms with Crippen molar-refractivity contribution in [3.05, 3.63) is 29.3 Å². The number of aromatic nitrogens is 3. The second-order valence-corrected chi connectivity index (χ2v) is 7.81. The molecule has 25 heavy (non-hydrogen) atoms. The largest absolute Gasteiger partial charge is 0.342 e. The van der Waals surface area contributed by atoms with E-state index >= 15 is 0 Å². The second-order valence-electron chi connectivity index (χ2n) is 6.43. The molecule has 1 saturated heterocycles. The van der Waals surface area contributed by atoms with E-state index in [0.717, 1.165) is 42.6 Å². The first kappa shape index (κ1) is 18.3. The highest BCUT2D eigenvalue weighted by Crippen LogP contribution is 2.26. The highest BCUT2D eigenvalue weighted by Gasteiger charge is 2.22. The van der Waals surface area contributed by atoms with Crippen LogP contribution in [-0.4, -0.2) is 44.4 Å². The van der Waals surface area contributed by atoms with E-state index in [0.29, 0.717) is 16.7 Å². The molecule has 0 unspecified atom stereocenters. The van der Waals surface area contributed by atoms with Crippen LogP contribution in [0.2, 0.25) is 5.02 Å². The van der Waals surface area contributed by atoms with Gasteiger partial charge in [0.25, 0.3) is 0 Å². The van der Waals surface area contributed by atoms with E-state index in [1.165, 1.54) is 18.2 Å². The zero-order valence-corrected chi connectivity index (χ0v) is 16.2. The highest BCUT2D eigenvalue weighted by molar-refractivity contribution is 7.99. The number of piperidine rings is 1. The molecule has 1 fully saturated rings. The van der Waals surface area contributed by atoms with E-state index in [9.17, 15) is 4.79 Å². The molecule has 0 radical (unpaired) electrons. The Balaban J connectivity index is 1.68. The van der Waals surface area contributed by atoms with Crippen LogP contribution in [0.1, 0.15) is 26.7 Å². The average Bonchev–Trinajstić information content (AvgIpc) is 3.03. The quantitative estimate of drug-likeness (QED) is 0.738. The molecule has 1 aromatic carbocycles. The van der Waals surface area contributed by atoms with Gasteiger partial charge < -0.3 is 9.47 Å². The number of hydrogen-bond acceptors (Lipinski definition) is 4. The third-order valence-corrected chi connectivity index (χ3v) is 5.67. The van der Waals surface area contributed by atoms with E-state index in [4.69, 9.17) is 11.6 Å². The third-order valence-electron chi connectivity index (χ3n) is 4.47. The van der Waals surface area contributed by atoms with Crippen LogP contribution in [0, 0.1) is 5.92 Å². The molecule has 0 saturated carbocycles. The molecular weight excluding hydrogens is 356 g/mol. The minimum atomic E-state index is 0.190. The minimum absolute atomic E-state index is 0.190. The zero-order chi connectivity index (χ0) is 17.8. The van der Waals surface area contributed by atoms with Crippen molar-refractivity contribution in [2.24, 2.45) is 5.92 Å². The number of carbonyl (C=O) groups excluding carboxylic acids is 1. The van der Waals surface area contributed by atoms with Gasteiger partial charge in [0, 0.05) is 30.2 Å². The number of likely N-dealkylation sites (tertiary alicyclic amines) is 1. The number of rotatable bonds is 5. The molecule has 1 aliphatic heterocycles. The molecular formula is C18H23ClN4OS. The number of halogens is 1. The topological polar surface area (TPSA) is 51.0 Å². The van der Waals surface area contributed by atoms with Gasteiger partial charge in [0.2, 0.25) is 5.91 Å². The molecule has 3 rings (SSSR count). The van der Waals surface area contributed by atoms with E-state index in [2.05, 4.69) is 24.0 Å². The molecule has 1 atom stereocenters. The van der Waals surface area contributed by atoms with Gasteiger partial charge >= 0.3 is 0 Å². The summed E-state index contributed by atoms with van der Waals surface area (Å²) in [6, 6.07) is 7.57. The van der Waals surface area contributed by atoms with Crippen LogP contribution < -0.4 is 0 Å². The molecule has 2 heterocycles. The zero-order valence-electron chi connectivity index (χ0n) is 14.6. The van der Waals surface area contributed by atoms with Crippen molar-refractivity contribution in [2.45, 2.75) is 38.4 Å². The van der Waals surface area contributed by atoms with Crippen molar-refractivity contribution in [1.29, 1.82) is 0 Å². The fourth-order valence-electron chi connectivity index (χ4n) is 3.13. The Kier molecular flexibility index (Phi) is 6.02. The Morgan fingerprint density at radius 2 is 2.08 bits per heavy atom. The Morgan fingerprint density at radius 1 is 1.32 bits per heavy atom. The van der Waals surface area contributed by atoms with Gasteiger partial charge in [-0.1, -0.05) is 30.3 Å². The number of thioether (sulfide) groups is 1. The maximum Gasteiger partial charge on any atom is 0.233 e. The van der Waals surface area contributed by atoms with Gasteiger partial charge in [-0.25, -0.2) is 0 Å². The first-order valence-electron chi connectivity index (χ1n) is 8.68. The van der Waals surface area contributed by atoms with Gasteiger partial charge in [0.05, 0.1) is 5.75 Å². The summed E-state index contributed by atoms with van der Waals surface area (Å²) in [6.07, 6.45) is 2.31. The lowest BCUT2D eigenvalue weighted by atomic mass is 10.0. The molecule has 134 valence electrons. The van der Waals surface area contributed by atoms with Crippen molar-refractivity contribution >= 4 is 29.3 Å². The summed E-state index contributed by atoms with van der Waals surface area (Å²) in [4.78, 5) is 14.4. The molecule has 0 aliphatic carbocycles. The van der Waals surface area contributed by atoms with Crippen LogP contribution >= 0.6 is 23.4 Å². The molecule has 0 bridgehead atoms. The van der Waals surface area contributed by atoms with Crippen molar-refractivity contribution in [3.8, 4) is 11.4 Å². The van der Waals surface area contributed by atoms with E-state index < -0.39 is 0 Å². The normalized spacial score (nSPS) is 17.7. The molecule has 1 amide bonds. The van der Waals surface area contributed by atoms with Gasteiger partial charge in [-0.05, 0) is 49.9 Å². The second kappa shape index (κ2) is 8.23. The molecule has 5 nitrogen and oxygen atoms in total.